The van der Waals surface area contributed by atoms with Crippen molar-refractivity contribution in [3.8, 4) is 0 Å². The second-order valence-corrected chi connectivity index (χ2v) is 13.3. The molecule has 122 valence electrons. The molecule has 1 unspecified atom stereocenters. The normalized spacial score (nSPS) is 48.2. The van der Waals surface area contributed by atoms with Gasteiger partial charge >= 0.3 is 0 Å². The summed E-state index contributed by atoms with van der Waals surface area (Å²) in [5, 5.41) is 9.84. The quantitative estimate of drug-likeness (QED) is 0.701. The molecule has 0 aromatic rings. The maximum absolute atomic E-state index is 11.6. The number of Topliss-reactive ketones (excluding diaryl/α,β-unsaturated/α-hetero) is 1. The molecule has 0 amide bonds. The molecular formula is C16H22O2S4. The monoisotopic (exact) mass is 374 g/mol. The van der Waals surface area contributed by atoms with Gasteiger partial charge in [-0.1, -0.05) is 0 Å². The number of hydrogen-bond acceptors (Lipinski definition) is 6. The van der Waals surface area contributed by atoms with Crippen LogP contribution < -0.4 is 0 Å². The first-order valence-corrected chi connectivity index (χ1v) is 12.4. The fraction of sp³-hybridized carbons (Fsp3) is 0.938. The molecule has 6 heteroatoms. The summed E-state index contributed by atoms with van der Waals surface area (Å²) < 4.78 is 0.343. The van der Waals surface area contributed by atoms with E-state index in [4.69, 9.17) is 0 Å². The maximum Gasteiger partial charge on any atom is 0.159 e. The third-order valence-corrected chi connectivity index (χ3v) is 13.7. The molecule has 2 aliphatic heterocycles. The van der Waals surface area contributed by atoms with E-state index in [1.807, 2.05) is 47.0 Å². The van der Waals surface area contributed by atoms with E-state index in [9.17, 15) is 9.90 Å². The molecule has 0 bridgehead atoms. The van der Waals surface area contributed by atoms with Crippen LogP contribution in [0.5, 0.6) is 0 Å². The van der Waals surface area contributed by atoms with Gasteiger partial charge in [0, 0.05) is 29.4 Å². The second kappa shape index (κ2) is 5.26. The van der Waals surface area contributed by atoms with Crippen molar-refractivity contribution in [2.24, 2.45) is 23.7 Å². The molecule has 5 atom stereocenters. The fourth-order valence-electron chi connectivity index (χ4n) is 4.88. The molecule has 0 aromatic heterocycles. The van der Waals surface area contributed by atoms with Crippen molar-refractivity contribution in [3.05, 3.63) is 0 Å². The zero-order chi connectivity index (χ0) is 14.9. The molecule has 2 heterocycles. The van der Waals surface area contributed by atoms with Gasteiger partial charge in [-0.3, -0.25) is 4.79 Å². The highest BCUT2D eigenvalue weighted by Crippen LogP contribution is 2.69. The summed E-state index contributed by atoms with van der Waals surface area (Å²) in [6.07, 6.45) is 4.72. The zero-order valence-corrected chi connectivity index (χ0v) is 15.8. The zero-order valence-electron chi connectivity index (χ0n) is 12.5. The molecule has 6 rings (SSSR count). The van der Waals surface area contributed by atoms with Crippen molar-refractivity contribution in [3.63, 3.8) is 0 Å². The topological polar surface area (TPSA) is 37.3 Å². The van der Waals surface area contributed by atoms with Gasteiger partial charge in [-0.15, -0.1) is 47.0 Å². The summed E-state index contributed by atoms with van der Waals surface area (Å²) in [6.45, 7) is 0. The summed E-state index contributed by atoms with van der Waals surface area (Å²) in [7, 11) is 0. The van der Waals surface area contributed by atoms with Crippen molar-refractivity contribution in [2.45, 2.75) is 39.9 Å². The number of thioether (sulfide) groups is 4. The number of hydrogen-bond donors (Lipinski definition) is 1. The molecule has 4 aliphatic carbocycles. The van der Waals surface area contributed by atoms with Gasteiger partial charge in [0.1, 0.15) is 4.08 Å². The second-order valence-electron chi connectivity index (χ2n) is 7.37. The largest absolute Gasteiger partial charge is 0.391 e. The van der Waals surface area contributed by atoms with Crippen LogP contribution in [0.1, 0.15) is 25.7 Å². The van der Waals surface area contributed by atoms with E-state index in [1.165, 1.54) is 35.9 Å². The first-order chi connectivity index (χ1) is 10.7. The van der Waals surface area contributed by atoms with Gasteiger partial charge in [0.05, 0.1) is 10.2 Å². The van der Waals surface area contributed by atoms with Gasteiger partial charge in [0.15, 0.2) is 5.78 Å². The number of rotatable bonds is 0. The van der Waals surface area contributed by atoms with Gasteiger partial charge in [-0.25, -0.2) is 0 Å². The summed E-state index contributed by atoms with van der Waals surface area (Å²) >= 11 is 7.89. The van der Waals surface area contributed by atoms with Crippen LogP contribution in [0.3, 0.4) is 0 Å². The predicted molar refractivity (Wildman–Crippen MR) is 98.7 cm³/mol. The Morgan fingerprint density at radius 3 is 2.05 bits per heavy atom. The highest BCUT2D eigenvalue weighted by atomic mass is 32.2. The van der Waals surface area contributed by atoms with Crippen LogP contribution in [0.15, 0.2) is 0 Å². The fourth-order valence-corrected chi connectivity index (χ4v) is 12.2. The Kier molecular flexibility index (Phi) is 3.66. The lowest BCUT2D eigenvalue weighted by Crippen LogP contribution is -2.31. The number of carbonyl (C=O) groups is 1. The lowest BCUT2D eigenvalue weighted by Gasteiger charge is -2.28. The highest BCUT2D eigenvalue weighted by Gasteiger charge is 2.65. The van der Waals surface area contributed by atoms with Crippen molar-refractivity contribution in [1.82, 2.24) is 0 Å². The van der Waals surface area contributed by atoms with Gasteiger partial charge in [0.2, 0.25) is 0 Å². The third kappa shape index (κ3) is 2.12. The Hall–Kier alpha value is 1.03. The third-order valence-electron chi connectivity index (χ3n) is 6.13. The minimum absolute atomic E-state index is 0.00347. The van der Waals surface area contributed by atoms with Crippen molar-refractivity contribution in [1.29, 1.82) is 0 Å². The summed E-state index contributed by atoms with van der Waals surface area (Å²) in [5.41, 5.74) is 0. The summed E-state index contributed by atoms with van der Waals surface area (Å²) in [4.78, 5) is 11.6. The lowest BCUT2D eigenvalue weighted by atomic mass is 10.2. The van der Waals surface area contributed by atoms with E-state index in [0.29, 0.717) is 5.78 Å². The molecule has 2 saturated heterocycles. The van der Waals surface area contributed by atoms with Crippen LogP contribution in [-0.2, 0) is 4.79 Å². The Morgan fingerprint density at radius 1 is 0.864 bits per heavy atom. The number of aliphatic hydroxyl groups is 1. The first-order valence-electron chi connectivity index (χ1n) is 8.43. The molecular weight excluding hydrogens is 352 g/mol. The SMILES string of the molecule is O=C1C[C@H]2C[C@H]2C12SCCS2.OC1C[C@H]2C[C@H]2C12SCCS2. The molecule has 4 saturated carbocycles. The molecule has 1 N–H and O–H groups in total. The smallest absolute Gasteiger partial charge is 0.159 e. The van der Waals surface area contributed by atoms with E-state index in [2.05, 4.69) is 0 Å². The van der Waals surface area contributed by atoms with Gasteiger partial charge in [-0.2, -0.15) is 0 Å². The summed E-state index contributed by atoms with van der Waals surface area (Å²) in [6, 6.07) is 0. The van der Waals surface area contributed by atoms with Gasteiger partial charge < -0.3 is 5.11 Å². The van der Waals surface area contributed by atoms with E-state index < -0.39 is 0 Å². The van der Waals surface area contributed by atoms with Crippen LogP contribution in [-0.4, -0.2) is 48.2 Å². The molecule has 22 heavy (non-hydrogen) atoms. The van der Waals surface area contributed by atoms with E-state index >= 15 is 0 Å². The maximum atomic E-state index is 11.6. The number of fused-ring (bicyclic) bond motifs is 4. The molecule has 0 radical (unpaired) electrons. The van der Waals surface area contributed by atoms with E-state index in [-0.39, 0.29) is 14.3 Å². The average molecular weight is 375 g/mol. The molecule has 2 nitrogen and oxygen atoms in total. The van der Waals surface area contributed by atoms with Crippen molar-refractivity contribution >= 4 is 52.8 Å². The van der Waals surface area contributed by atoms with Crippen LogP contribution in [0, 0.1) is 23.7 Å². The van der Waals surface area contributed by atoms with Crippen molar-refractivity contribution in [2.75, 3.05) is 23.0 Å². The molecule has 2 spiro atoms. The summed E-state index contributed by atoms with van der Waals surface area (Å²) in [5.74, 6) is 8.77. The van der Waals surface area contributed by atoms with Crippen molar-refractivity contribution < 1.29 is 9.90 Å². The number of ketones is 1. The van der Waals surface area contributed by atoms with Crippen LogP contribution >= 0.6 is 47.0 Å². The Balaban J connectivity index is 0.000000102. The van der Waals surface area contributed by atoms with Gasteiger partial charge in [-0.05, 0) is 42.9 Å². The van der Waals surface area contributed by atoms with Crippen LogP contribution in [0.25, 0.3) is 0 Å². The lowest BCUT2D eigenvalue weighted by molar-refractivity contribution is -0.118. The van der Waals surface area contributed by atoms with Gasteiger partial charge in [0.25, 0.3) is 0 Å². The number of carbonyl (C=O) groups excluding carboxylic acids is 1. The minimum atomic E-state index is 0.00347. The highest BCUT2D eigenvalue weighted by molar-refractivity contribution is 8.22. The standard InChI is InChI=1S/C8H12OS2.C8H10OS2/c2*9-7-4-5-3-6(5)8(7)10-1-2-11-8/h5-7,9H,1-4H2;5-6H,1-4H2/t5-,6-,7?;5-,6-/m11/s1. The Labute approximate surface area is 149 Å². The number of aliphatic hydroxyl groups excluding tert-OH is 1. The Morgan fingerprint density at radius 2 is 1.50 bits per heavy atom. The molecule has 0 aromatic carbocycles. The molecule has 6 aliphatic rings. The Bertz CT molecular complexity index is 494. The van der Waals surface area contributed by atoms with E-state index in [1.54, 1.807) is 0 Å². The van der Waals surface area contributed by atoms with E-state index in [0.717, 1.165) is 36.5 Å². The molecule has 6 fully saturated rings. The first kappa shape index (κ1) is 15.3. The predicted octanol–water partition coefficient (Wildman–Crippen LogP) is 3.34. The van der Waals surface area contributed by atoms with Crippen LogP contribution in [0.2, 0.25) is 0 Å². The average Bonchev–Trinajstić information content (AvgIpc) is 3.25. The minimum Gasteiger partial charge on any atom is -0.391 e. The van der Waals surface area contributed by atoms with Crippen LogP contribution in [0.4, 0.5) is 0 Å².